The van der Waals surface area contributed by atoms with Crippen molar-refractivity contribution in [1.82, 2.24) is 4.98 Å². The summed E-state index contributed by atoms with van der Waals surface area (Å²) in [5.74, 6) is -0.280. The fourth-order valence-electron chi connectivity index (χ4n) is 1.99. The van der Waals surface area contributed by atoms with Crippen LogP contribution in [-0.4, -0.2) is 22.4 Å². The SMILES string of the molecule is C[C@@]1(C(=O)Nc2ccccn2)Oc2ccccc2NC1=O. The van der Waals surface area contributed by atoms with E-state index in [9.17, 15) is 9.59 Å². The monoisotopic (exact) mass is 283 g/mol. The number of nitrogens with one attached hydrogen (secondary N) is 2. The van der Waals surface area contributed by atoms with Crippen molar-refractivity contribution in [3.63, 3.8) is 0 Å². The Morgan fingerprint density at radius 3 is 2.76 bits per heavy atom. The van der Waals surface area contributed by atoms with Crippen molar-refractivity contribution in [2.24, 2.45) is 0 Å². The Morgan fingerprint density at radius 2 is 2.00 bits per heavy atom. The number of para-hydroxylation sites is 2. The molecule has 2 N–H and O–H groups in total. The Morgan fingerprint density at radius 1 is 1.24 bits per heavy atom. The van der Waals surface area contributed by atoms with Gasteiger partial charge in [0.25, 0.3) is 17.4 Å². The first kappa shape index (κ1) is 13.1. The Kier molecular flexibility index (Phi) is 3.06. The van der Waals surface area contributed by atoms with E-state index in [-0.39, 0.29) is 0 Å². The molecule has 0 saturated carbocycles. The zero-order chi connectivity index (χ0) is 14.9. The van der Waals surface area contributed by atoms with Crippen LogP contribution < -0.4 is 15.4 Å². The number of anilines is 2. The third-order valence-electron chi connectivity index (χ3n) is 3.22. The van der Waals surface area contributed by atoms with E-state index < -0.39 is 17.4 Å². The molecule has 2 heterocycles. The lowest BCUT2D eigenvalue weighted by atomic mass is 10.0. The molecule has 21 heavy (non-hydrogen) atoms. The maximum atomic E-state index is 12.4. The molecule has 6 heteroatoms. The fourth-order valence-corrected chi connectivity index (χ4v) is 1.99. The lowest BCUT2D eigenvalue weighted by molar-refractivity contribution is -0.143. The smallest absolute Gasteiger partial charge is 0.279 e. The maximum Gasteiger partial charge on any atom is 0.279 e. The molecule has 1 atom stereocenters. The summed E-state index contributed by atoms with van der Waals surface area (Å²) in [6.07, 6.45) is 1.55. The molecule has 0 unspecified atom stereocenters. The zero-order valence-corrected chi connectivity index (χ0v) is 11.3. The lowest BCUT2D eigenvalue weighted by Crippen LogP contribution is -2.56. The van der Waals surface area contributed by atoms with Crippen molar-refractivity contribution in [2.45, 2.75) is 12.5 Å². The Balaban J connectivity index is 1.87. The average Bonchev–Trinajstić information content (AvgIpc) is 2.49. The molecule has 1 aliphatic heterocycles. The van der Waals surface area contributed by atoms with Crippen LogP contribution in [0.25, 0.3) is 0 Å². The van der Waals surface area contributed by atoms with Gasteiger partial charge in [0.2, 0.25) is 0 Å². The largest absolute Gasteiger partial charge is 0.466 e. The molecule has 6 nitrogen and oxygen atoms in total. The second-order valence-corrected chi connectivity index (χ2v) is 4.75. The minimum Gasteiger partial charge on any atom is -0.466 e. The third kappa shape index (κ3) is 2.31. The van der Waals surface area contributed by atoms with Crippen LogP contribution in [0.1, 0.15) is 6.92 Å². The predicted molar refractivity (Wildman–Crippen MR) is 77.0 cm³/mol. The Labute approximate surface area is 121 Å². The molecule has 0 aliphatic carbocycles. The highest BCUT2D eigenvalue weighted by atomic mass is 16.5. The van der Waals surface area contributed by atoms with E-state index in [2.05, 4.69) is 15.6 Å². The van der Waals surface area contributed by atoms with Gasteiger partial charge in [0.05, 0.1) is 5.69 Å². The molecule has 1 aliphatic rings. The minimum absolute atomic E-state index is 0.360. The summed E-state index contributed by atoms with van der Waals surface area (Å²) in [6, 6.07) is 12.1. The van der Waals surface area contributed by atoms with Crippen LogP contribution in [0.3, 0.4) is 0 Å². The maximum absolute atomic E-state index is 12.4. The lowest BCUT2D eigenvalue weighted by Gasteiger charge is -2.33. The van der Waals surface area contributed by atoms with Gasteiger partial charge in [-0.15, -0.1) is 0 Å². The van der Waals surface area contributed by atoms with Crippen LogP contribution in [0.4, 0.5) is 11.5 Å². The number of nitrogens with zero attached hydrogens (tertiary/aromatic N) is 1. The molecule has 0 saturated heterocycles. The van der Waals surface area contributed by atoms with Gasteiger partial charge < -0.3 is 15.4 Å². The van der Waals surface area contributed by atoms with E-state index in [0.29, 0.717) is 17.3 Å². The highest BCUT2D eigenvalue weighted by Crippen LogP contribution is 2.33. The van der Waals surface area contributed by atoms with Crippen LogP contribution in [-0.2, 0) is 9.59 Å². The number of amides is 2. The molecule has 0 spiro atoms. The van der Waals surface area contributed by atoms with Crippen LogP contribution in [0.2, 0.25) is 0 Å². The Bertz CT molecular complexity index is 702. The van der Waals surface area contributed by atoms with Crippen molar-refractivity contribution >= 4 is 23.3 Å². The highest BCUT2D eigenvalue weighted by molar-refractivity contribution is 6.18. The molecule has 106 valence electrons. The molecule has 3 rings (SSSR count). The van der Waals surface area contributed by atoms with Gasteiger partial charge in [0.15, 0.2) is 0 Å². The number of ether oxygens (including phenoxy) is 1. The van der Waals surface area contributed by atoms with Crippen LogP contribution in [0.5, 0.6) is 5.75 Å². The number of hydrogen-bond acceptors (Lipinski definition) is 4. The number of hydrogen-bond donors (Lipinski definition) is 2. The van der Waals surface area contributed by atoms with Crippen LogP contribution in [0, 0.1) is 0 Å². The van der Waals surface area contributed by atoms with Gasteiger partial charge in [-0.1, -0.05) is 18.2 Å². The van der Waals surface area contributed by atoms with Gasteiger partial charge in [0.1, 0.15) is 11.6 Å². The number of benzene rings is 1. The molecule has 0 bridgehead atoms. The van der Waals surface area contributed by atoms with E-state index in [4.69, 9.17) is 4.74 Å². The summed E-state index contributed by atoms with van der Waals surface area (Å²) < 4.78 is 5.61. The van der Waals surface area contributed by atoms with E-state index in [1.807, 2.05) is 0 Å². The topological polar surface area (TPSA) is 80.3 Å². The first-order chi connectivity index (χ1) is 10.1. The first-order valence-corrected chi connectivity index (χ1v) is 6.41. The van der Waals surface area contributed by atoms with Crippen LogP contribution in [0.15, 0.2) is 48.7 Å². The third-order valence-corrected chi connectivity index (χ3v) is 3.22. The van der Waals surface area contributed by atoms with E-state index in [0.717, 1.165) is 0 Å². The summed E-state index contributed by atoms with van der Waals surface area (Å²) >= 11 is 0. The number of fused-ring (bicyclic) bond motifs is 1. The summed E-state index contributed by atoms with van der Waals surface area (Å²) in [5.41, 5.74) is -1.10. The molecule has 1 aromatic carbocycles. The summed E-state index contributed by atoms with van der Waals surface area (Å²) in [7, 11) is 0. The van der Waals surface area contributed by atoms with Gasteiger partial charge in [-0.3, -0.25) is 9.59 Å². The second kappa shape index (κ2) is 4.90. The van der Waals surface area contributed by atoms with Crippen molar-refractivity contribution < 1.29 is 14.3 Å². The Hall–Kier alpha value is -2.89. The summed E-state index contributed by atoms with van der Waals surface area (Å²) in [6.45, 7) is 1.43. The van der Waals surface area contributed by atoms with Gasteiger partial charge in [-0.05, 0) is 31.2 Å². The van der Waals surface area contributed by atoms with Crippen LogP contribution >= 0.6 is 0 Å². The molecular weight excluding hydrogens is 270 g/mol. The van der Waals surface area contributed by atoms with Crippen molar-refractivity contribution in [1.29, 1.82) is 0 Å². The number of rotatable bonds is 2. The molecular formula is C15H13N3O3. The minimum atomic E-state index is -1.65. The zero-order valence-electron chi connectivity index (χ0n) is 11.3. The summed E-state index contributed by atoms with van der Waals surface area (Å²) in [4.78, 5) is 28.6. The molecule has 1 aromatic heterocycles. The number of carbonyl (C=O) groups excluding carboxylic acids is 2. The number of carbonyl (C=O) groups is 2. The van der Waals surface area contributed by atoms with E-state index >= 15 is 0 Å². The van der Waals surface area contributed by atoms with Gasteiger partial charge in [-0.2, -0.15) is 0 Å². The van der Waals surface area contributed by atoms with E-state index in [1.165, 1.54) is 6.92 Å². The number of pyridine rings is 1. The normalized spacial score (nSPS) is 20.0. The summed E-state index contributed by atoms with van der Waals surface area (Å²) in [5, 5.41) is 5.25. The fraction of sp³-hybridized carbons (Fsp3) is 0.133. The van der Waals surface area contributed by atoms with Crippen molar-refractivity contribution in [2.75, 3.05) is 10.6 Å². The second-order valence-electron chi connectivity index (χ2n) is 4.75. The predicted octanol–water partition coefficient (Wildman–Crippen LogP) is 1.81. The van der Waals surface area contributed by atoms with Crippen molar-refractivity contribution in [3.05, 3.63) is 48.7 Å². The first-order valence-electron chi connectivity index (χ1n) is 6.41. The molecule has 0 fully saturated rings. The molecule has 2 amide bonds. The van der Waals surface area contributed by atoms with Gasteiger partial charge >= 0.3 is 0 Å². The quantitative estimate of drug-likeness (QED) is 0.824. The standard InChI is InChI=1S/C15H13N3O3/c1-15(14(20)18-12-8-4-5-9-16-12)13(19)17-10-6-2-3-7-11(10)21-15/h2-9H,1H3,(H,17,19)(H,16,18,20)/t15-/m1/s1. The average molecular weight is 283 g/mol. The molecule has 2 aromatic rings. The number of aromatic nitrogens is 1. The highest BCUT2D eigenvalue weighted by Gasteiger charge is 2.47. The van der Waals surface area contributed by atoms with Gasteiger partial charge in [-0.25, -0.2) is 4.98 Å². The van der Waals surface area contributed by atoms with Crippen molar-refractivity contribution in [3.8, 4) is 5.75 Å². The van der Waals surface area contributed by atoms with Gasteiger partial charge in [0, 0.05) is 6.20 Å². The molecule has 0 radical (unpaired) electrons. The van der Waals surface area contributed by atoms with E-state index in [1.54, 1.807) is 48.7 Å².